The monoisotopic (exact) mass is 516 g/mol. The average Bonchev–Trinajstić information content (AvgIpc) is 2.84. The zero-order valence-electron chi connectivity index (χ0n) is 19.5. The molecular weight excluding hydrogens is 488 g/mol. The second-order valence-corrected chi connectivity index (χ2v) is 9.40. The number of ether oxygens (including phenoxy) is 3. The van der Waals surface area contributed by atoms with Crippen LogP contribution < -0.4 is 24.8 Å². The van der Waals surface area contributed by atoms with E-state index < -0.39 is 10.1 Å². The molecule has 10 heteroatoms. The van der Waals surface area contributed by atoms with Gasteiger partial charge in [0.2, 0.25) is 0 Å². The Morgan fingerprint density at radius 3 is 2.14 bits per heavy atom. The van der Waals surface area contributed by atoms with Crippen LogP contribution in [0.15, 0.2) is 71.6 Å². The van der Waals surface area contributed by atoms with Crippen LogP contribution >= 0.6 is 12.2 Å². The number of methoxy groups -OCH3 is 1. The third-order valence-electron chi connectivity index (χ3n) is 4.93. The fraction of sp³-hybridized carbons (Fsp3) is 0.240. The molecule has 0 aliphatic heterocycles. The summed E-state index contributed by atoms with van der Waals surface area (Å²) in [5.41, 5.74) is 2.33. The summed E-state index contributed by atoms with van der Waals surface area (Å²) in [7, 11) is -2.69. The molecule has 0 amide bonds. The third-order valence-corrected chi connectivity index (χ3v) is 6.01. The molecule has 3 N–H and O–H groups in total. The van der Waals surface area contributed by atoms with E-state index in [0.29, 0.717) is 23.2 Å². The molecule has 0 atom stereocenters. The highest BCUT2D eigenvalue weighted by Crippen LogP contribution is 2.25. The van der Waals surface area contributed by atoms with Gasteiger partial charge in [0.05, 0.1) is 18.6 Å². The SMILES string of the molecule is CCCCOc1ccc(NC(=S)Nc2ccc(OC)c(COc3ccc(S(=O)(=O)O)cc3)c2)cc1. The van der Waals surface area contributed by atoms with Crippen LogP contribution in [0.4, 0.5) is 11.4 Å². The number of thiocarbonyl (C=S) groups is 1. The van der Waals surface area contributed by atoms with Crippen molar-refractivity contribution >= 4 is 38.8 Å². The first kappa shape index (κ1) is 26.3. The predicted octanol–water partition coefficient (Wildman–Crippen LogP) is 5.51. The van der Waals surface area contributed by atoms with E-state index in [1.807, 2.05) is 36.4 Å². The average molecular weight is 517 g/mol. The summed E-state index contributed by atoms with van der Waals surface area (Å²) in [5, 5.41) is 6.70. The molecule has 0 unspecified atom stereocenters. The van der Waals surface area contributed by atoms with Gasteiger partial charge in [0, 0.05) is 16.9 Å². The second-order valence-electron chi connectivity index (χ2n) is 7.57. The van der Waals surface area contributed by atoms with E-state index in [9.17, 15) is 8.42 Å². The molecule has 3 aromatic carbocycles. The highest BCUT2D eigenvalue weighted by molar-refractivity contribution is 7.85. The maximum absolute atomic E-state index is 11.2. The molecule has 8 nitrogen and oxygen atoms in total. The highest BCUT2D eigenvalue weighted by Gasteiger charge is 2.10. The summed E-state index contributed by atoms with van der Waals surface area (Å²) in [6, 6.07) is 18.6. The molecule has 0 spiro atoms. The zero-order chi connectivity index (χ0) is 25.3. The topological polar surface area (TPSA) is 106 Å². The lowest BCUT2D eigenvalue weighted by molar-refractivity contribution is 0.296. The van der Waals surface area contributed by atoms with Gasteiger partial charge in [-0.05, 0) is 85.4 Å². The summed E-state index contributed by atoms with van der Waals surface area (Å²) in [4.78, 5) is -0.201. The van der Waals surface area contributed by atoms with Gasteiger partial charge in [0.1, 0.15) is 23.9 Å². The van der Waals surface area contributed by atoms with Crippen molar-refractivity contribution in [2.24, 2.45) is 0 Å². The van der Waals surface area contributed by atoms with Crippen LogP contribution in [0.2, 0.25) is 0 Å². The molecule has 0 heterocycles. The summed E-state index contributed by atoms with van der Waals surface area (Å²) < 4.78 is 48.3. The van der Waals surface area contributed by atoms with Gasteiger partial charge in [-0.25, -0.2) is 0 Å². The molecule has 0 saturated heterocycles. The lowest BCUT2D eigenvalue weighted by Crippen LogP contribution is -2.19. The number of benzene rings is 3. The molecular formula is C25H28N2O6S2. The molecule has 3 rings (SSSR count). The minimum absolute atomic E-state index is 0.170. The van der Waals surface area contributed by atoms with Gasteiger partial charge < -0.3 is 24.8 Å². The standard InChI is InChI=1S/C25H28N2O6S2/c1-3-4-15-32-21-8-5-19(6-9-21)26-25(34)27-20-7-14-24(31-2)18(16-20)17-33-22-10-12-23(13-11-22)35(28,29)30/h5-14,16H,3-4,15,17H2,1-2H3,(H2,26,27,34)(H,28,29,30). The van der Waals surface area contributed by atoms with E-state index in [4.69, 9.17) is 31.0 Å². The van der Waals surface area contributed by atoms with Crippen LogP contribution in [0.1, 0.15) is 25.3 Å². The Morgan fingerprint density at radius 1 is 0.914 bits per heavy atom. The Hall–Kier alpha value is -3.34. The number of nitrogens with one attached hydrogen (secondary N) is 2. The molecule has 0 saturated carbocycles. The van der Waals surface area contributed by atoms with Crippen LogP contribution in [0.25, 0.3) is 0 Å². The fourth-order valence-electron chi connectivity index (χ4n) is 3.10. The zero-order valence-corrected chi connectivity index (χ0v) is 21.1. The fourth-order valence-corrected chi connectivity index (χ4v) is 3.82. The summed E-state index contributed by atoms with van der Waals surface area (Å²) in [6.45, 7) is 2.99. The Kier molecular flexibility index (Phi) is 9.30. The van der Waals surface area contributed by atoms with Crippen molar-refractivity contribution < 1.29 is 27.2 Å². The number of unbranched alkanes of at least 4 members (excludes halogenated alkanes) is 1. The van der Waals surface area contributed by atoms with Crippen LogP contribution in [0, 0.1) is 0 Å². The molecule has 0 aliphatic carbocycles. The first-order chi connectivity index (χ1) is 16.8. The van der Waals surface area contributed by atoms with Gasteiger partial charge in [-0.2, -0.15) is 8.42 Å². The smallest absolute Gasteiger partial charge is 0.294 e. The second kappa shape index (κ2) is 12.4. The minimum atomic E-state index is -4.25. The van der Waals surface area contributed by atoms with Gasteiger partial charge in [-0.1, -0.05) is 13.3 Å². The third kappa shape index (κ3) is 8.13. The van der Waals surface area contributed by atoms with E-state index in [-0.39, 0.29) is 11.5 Å². The van der Waals surface area contributed by atoms with Crippen molar-refractivity contribution in [1.82, 2.24) is 0 Å². The number of rotatable bonds is 11. The van der Waals surface area contributed by atoms with Crippen LogP contribution in [-0.2, 0) is 16.7 Å². The Bertz CT molecular complexity index is 1230. The number of hydrogen-bond acceptors (Lipinski definition) is 6. The maximum Gasteiger partial charge on any atom is 0.294 e. The van der Waals surface area contributed by atoms with Crippen molar-refractivity contribution in [2.75, 3.05) is 24.4 Å². The summed E-state index contributed by atoms with van der Waals surface area (Å²) >= 11 is 5.44. The minimum Gasteiger partial charge on any atom is -0.496 e. The van der Waals surface area contributed by atoms with Crippen LogP contribution in [0.3, 0.4) is 0 Å². The van der Waals surface area contributed by atoms with E-state index >= 15 is 0 Å². The lowest BCUT2D eigenvalue weighted by Gasteiger charge is -2.15. The molecule has 35 heavy (non-hydrogen) atoms. The maximum atomic E-state index is 11.2. The first-order valence-corrected chi connectivity index (χ1v) is 12.8. The van der Waals surface area contributed by atoms with Gasteiger partial charge in [-0.3, -0.25) is 4.55 Å². The largest absolute Gasteiger partial charge is 0.496 e. The highest BCUT2D eigenvalue weighted by atomic mass is 32.2. The summed E-state index contributed by atoms with van der Waals surface area (Å²) in [5.74, 6) is 1.88. The first-order valence-electron chi connectivity index (χ1n) is 11.0. The normalized spacial score (nSPS) is 10.9. The summed E-state index contributed by atoms with van der Waals surface area (Å²) in [6.07, 6.45) is 2.10. The van der Waals surface area contributed by atoms with E-state index in [2.05, 4.69) is 17.6 Å². The molecule has 0 radical (unpaired) electrons. The van der Waals surface area contributed by atoms with Crippen molar-refractivity contribution in [3.05, 3.63) is 72.3 Å². The molecule has 0 aliphatic rings. The predicted molar refractivity (Wildman–Crippen MR) is 140 cm³/mol. The van der Waals surface area contributed by atoms with Crippen molar-refractivity contribution in [3.63, 3.8) is 0 Å². The number of anilines is 2. The Balaban J connectivity index is 1.60. The number of hydrogen-bond donors (Lipinski definition) is 3. The Labute approximate surface area is 211 Å². The molecule has 0 bridgehead atoms. The van der Waals surface area contributed by atoms with E-state index in [0.717, 1.165) is 35.5 Å². The van der Waals surface area contributed by atoms with Gasteiger partial charge in [0.15, 0.2) is 5.11 Å². The van der Waals surface area contributed by atoms with Gasteiger partial charge >= 0.3 is 0 Å². The van der Waals surface area contributed by atoms with Gasteiger partial charge in [-0.15, -0.1) is 0 Å². The molecule has 0 fully saturated rings. The molecule has 186 valence electrons. The van der Waals surface area contributed by atoms with Crippen LogP contribution in [0.5, 0.6) is 17.2 Å². The van der Waals surface area contributed by atoms with Crippen molar-refractivity contribution in [1.29, 1.82) is 0 Å². The van der Waals surface area contributed by atoms with Gasteiger partial charge in [0.25, 0.3) is 10.1 Å². The van der Waals surface area contributed by atoms with Crippen molar-refractivity contribution in [3.8, 4) is 17.2 Å². The molecule has 3 aromatic rings. The Morgan fingerprint density at radius 2 is 1.51 bits per heavy atom. The van der Waals surface area contributed by atoms with Crippen LogP contribution in [-0.4, -0.2) is 31.8 Å². The van der Waals surface area contributed by atoms with E-state index in [1.165, 1.54) is 24.3 Å². The quantitative estimate of drug-likeness (QED) is 0.173. The van der Waals surface area contributed by atoms with Crippen molar-refractivity contribution in [2.45, 2.75) is 31.3 Å². The molecule has 0 aromatic heterocycles. The lowest BCUT2D eigenvalue weighted by atomic mass is 10.2. The van der Waals surface area contributed by atoms with E-state index in [1.54, 1.807) is 13.2 Å².